The molecular formula is C32H36F6. The van der Waals surface area contributed by atoms with Gasteiger partial charge >= 0.3 is 6.18 Å². The molecule has 2 aromatic rings. The Kier molecular flexibility index (Phi) is 8.04. The summed E-state index contributed by atoms with van der Waals surface area (Å²) < 4.78 is 81.5. The summed E-state index contributed by atoms with van der Waals surface area (Å²) in [5.41, 5.74) is -0.355. The molecule has 0 atom stereocenters. The third-order valence-corrected chi connectivity index (χ3v) is 9.89. The Morgan fingerprint density at radius 3 is 1.68 bits per heavy atom. The predicted molar refractivity (Wildman–Crippen MR) is 138 cm³/mol. The van der Waals surface area contributed by atoms with Crippen LogP contribution in [0.4, 0.5) is 26.3 Å². The first-order valence-corrected chi connectivity index (χ1v) is 14.3. The molecule has 0 heterocycles. The lowest BCUT2D eigenvalue weighted by molar-refractivity contribution is -0.0696. The minimum atomic E-state index is -4.90. The fraction of sp³-hybridized carbons (Fsp3) is 0.625. The highest BCUT2D eigenvalue weighted by atomic mass is 19.4. The van der Waals surface area contributed by atoms with Gasteiger partial charge in [0.1, 0.15) is 11.6 Å². The third kappa shape index (κ3) is 6.02. The van der Waals surface area contributed by atoms with E-state index in [0.717, 1.165) is 61.3 Å². The van der Waals surface area contributed by atoms with Crippen molar-refractivity contribution in [3.05, 3.63) is 46.8 Å². The molecule has 0 saturated heterocycles. The Labute approximate surface area is 221 Å². The van der Waals surface area contributed by atoms with Gasteiger partial charge < -0.3 is 0 Å². The minimum absolute atomic E-state index is 0.0186. The summed E-state index contributed by atoms with van der Waals surface area (Å²) in [5, 5.41) is -0.496. The topological polar surface area (TPSA) is 0 Å². The summed E-state index contributed by atoms with van der Waals surface area (Å²) in [6.07, 6.45) is 9.99. The first-order chi connectivity index (χ1) is 18.1. The van der Waals surface area contributed by atoms with Crippen molar-refractivity contribution >= 4 is 10.8 Å². The second kappa shape index (κ2) is 11.1. The first-order valence-electron chi connectivity index (χ1n) is 14.3. The maximum Gasteiger partial charge on any atom is 0.458 e. The van der Waals surface area contributed by atoms with Gasteiger partial charge in [-0.3, -0.25) is 0 Å². The van der Waals surface area contributed by atoms with E-state index in [1.807, 2.05) is 0 Å². The van der Waals surface area contributed by atoms with Crippen LogP contribution in [0.1, 0.15) is 101 Å². The lowest BCUT2D eigenvalue weighted by Gasteiger charge is -2.41. The molecule has 0 N–H and O–H groups in total. The van der Waals surface area contributed by atoms with E-state index in [0.29, 0.717) is 11.5 Å². The van der Waals surface area contributed by atoms with E-state index in [1.165, 1.54) is 63.4 Å². The van der Waals surface area contributed by atoms with E-state index in [1.54, 1.807) is 6.07 Å². The molecule has 0 aromatic heterocycles. The van der Waals surface area contributed by atoms with Crippen molar-refractivity contribution in [3.8, 4) is 11.8 Å². The average Bonchev–Trinajstić information content (AvgIpc) is 2.88. The zero-order chi connectivity index (χ0) is 27.0. The summed E-state index contributed by atoms with van der Waals surface area (Å²) in [4.78, 5) is 0. The fourth-order valence-corrected chi connectivity index (χ4v) is 7.69. The van der Waals surface area contributed by atoms with Crippen molar-refractivity contribution in [3.63, 3.8) is 0 Å². The highest BCUT2D eigenvalue weighted by Crippen LogP contribution is 2.47. The summed E-state index contributed by atoms with van der Waals surface area (Å²) >= 11 is 0. The van der Waals surface area contributed by atoms with Crippen molar-refractivity contribution in [1.29, 1.82) is 0 Å². The van der Waals surface area contributed by atoms with Crippen LogP contribution in [0.5, 0.6) is 0 Å². The molecule has 6 heteroatoms. The predicted octanol–water partition coefficient (Wildman–Crippen LogP) is 10.1. The average molecular weight is 535 g/mol. The number of benzene rings is 2. The summed E-state index contributed by atoms with van der Waals surface area (Å²) in [5.74, 6) is 3.14. The van der Waals surface area contributed by atoms with E-state index in [2.05, 4.69) is 6.92 Å². The van der Waals surface area contributed by atoms with Crippen LogP contribution >= 0.6 is 0 Å². The van der Waals surface area contributed by atoms with Crippen molar-refractivity contribution < 1.29 is 26.3 Å². The number of alkyl halides is 3. The van der Waals surface area contributed by atoms with Gasteiger partial charge in [0.25, 0.3) is 0 Å². The highest BCUT2D eigenvalue weighted by molar-refractivity contribution is 5.86. The molecule has 0 nitrogen and oxygen atoms in total. The molecule has 0 unspecified atom stereocenters. The highest BCUT2D eigenvalue weighted by Gasteiger charge is 2.35. The minimum Gasteiger partial charge on any atom is -0.206 e. The molecule has 3 saturated carbocycles. The van der Waals surface area contributed by atoms with Crippen LogP contribution in [0.3, 0.4) is 0 Å². The molecule has 3 aliphatic carbocycles. The van der Waals surface area contributed by atoms with Crippen LogP contribution < -0.4 is 0 Å². The van der Waals surface area contributed by atoms with Crippen molar-refractivity contribution in [2.75, 3.05) is 0 Å². The molecule has 3 fully saturated rings. The second-order valence-corrected chi connectivity index (χ2v) is 12.2. The molecule has 0 radical (unpaired) electrons. The van der Waals surface area contributed by atoms with E-state index in [-0.39, 0.29) is 11.3 Å². The van der Waals surface area contributed by atoms with Crippen LogP contribution in [-0.2, 0) is 0 Å². The molecule has 5 rings (SSSR count). The Balaban J connectivity index is 1.22. The first kappa shape index (κ1) is 27.4. The largest absolute Gasteiger partial charge is 0.458 e. The lowest BCUT2D eigenvalue weighted by atomic mass is 9.65. The van der Waals surface area contributed by atoms with Gasteiger partial charge in [-0.25, -0.2) is 13.2 Å². The maximum absolute atomic E-state index is 15.0. The van der Waals surface area contributed by atoms with Crippen LogP contribution in [0.15, 0.2) is 18.2 Å². The van der Waals surface area contributed by atoms with Gasteiger partial charge in [-0.1, -0.05) is 31.8 Å². The SMILES string of the molecule is CC1CCC(C2CCC(C3CCC(c4cc(F)c5c(F)c(C#CC(F)(F)F)c(F)cc5c4)CC3)CC2)CC1. The summed E-state index contributed by atoms with van der Waals surface area (Å²) in [6, 6.07) is 3.75. The zero-order valence-corrected chi connectivity index (χ0v) is 21.9. The van der Waals surface area contributed by atoms with Crippen molar-refractivity contribution in [2.45, 2.75) is 96.1 Å². The quantitative estimate of drug-likeness (QED) is 0.271. The molecule has 3 aliphatic rings. The molecule has 0 bridgehead atoms. The number of hydrogen-bond acceptors (Lipinski definition) is 0. The third-order valence-electron chi connectivity index (χ3n) is 9.89. The van der Waals surface area contributed by atoms with E-state index in [9.17, 15) is 26.3 Å². The second-order valence-electron chi connectivity index (χ2n) is 12.2. The van der Waals surface area contributed by atoms with E-state index in [4.69, 9.17) is 0 Å². The standard InChI is InChI=1S/C32H36F6/c1-19-2-4-20(5-3-19)21-6-8-22(9-7-21)23-10-12-24(13-11-23)25-16-26-18-28(33)27(14-15-32(36,37)38)31(35)30(26)29(34)17-25/h16-24H,2-13H2,1H3. The van der Waals surface area contributed by atoms with Crippen molar-refractivity contribution in [2.24, 2.45) is 29.6 Å². The molecule has 0 spiro atoms. The smallest absolute Gasteiger partial charge is 0.206 e. The normalized spacial score (nSPS) is 30.6. The Hall–Kier alpha value is -2.16. The monoisotopic (exact) mass is 534 g/mol. The maximum atomic E-state index is 15.0. The van der Waals surface area contributed by atoms with Gasteiger partial charge in [0.15, 0.2) is 5.82 Å². The van der Waals surface area contributed by atoms with Crippen LogP contribution in [0.2, 0.25) is 0 Å². The number of hydrogen-bond donors (Lipinski definition) is 0. The summed E-state index contributed by atoms with van der Waals surface area (Å²) in [6.45, 7) is 2.38. The van der Waals surface area contributed by atoms with E-state index >= 15 is 0 Å². The number of rotatable bonds is 3. The van der Waals surface area contributed by atoms with Crippen LogP contribution in [-0.4, -0.2) is 6.18 Å². The molecule has 0 aliphatic heterocycles. The van der Waals surface area contributed by atoms with Gasteiger partial charge in [0.2, 0.25) is 0 Å². The molecule has 0 amide bonds. The summed E-state index contributed by atoms with van der Waals surface area (Å²) in [7, 11) is 0. The zero-order valence-electron chi connectivity index (χ0n) is 21.9. The van der Waals surface area contributed by atoms with Gasteiger partial charge in [-0.2, -0.15) is 13.2 Å². The van der Waals surface area contributed by atoms with E-state index < -0.39 is 34.6 Å². The molecule has 206 valence electrons. The van der Waals surface area contributed by atoms with Gasteiger partial charge in [-0.05, 0) is 123 Å². The molecule has 38 heavy (non-hydrogen) atoms. The Bertz CT molecular complexity index is 1190. The fourth-order valence-electron chi connectivity index (χ4n) is 7.69. The Morgan fingerprint density at radius 2 is 1.16 bits per heavy atom. The molecule has 2 aromatic carbocycles. The lowest BCUT2D eigenvalue weighted by Crippen LogP contribution is -2.29. The van der Waals surface area contributed by atoms with Gasteiger partial charge in [0.05, 0.1) is 10.9 Å². The van der Waals surface area contributed by atoms with Crippen LogP contribution in [0.25, 0.3) is 10.8 Å². The number of fused-ring (bicyclic) bond motifs is 1. The molecular weight excluding hydrogens is 498 g/mol. The van der Waals surface area contributed by atoms with Crippen LogP contribution in [0, 0.1) is 58.9 Å². The van der Waals surface area contributed by atoms with Gasteiger partial charge in [-0.15, -0.1) is 0 Å². The van der Waals surface area contributed by atoms with Gasteiger partial charge in [0, 0.05) is 5.92 Å². The van der Waals surface area contributed by atoms with Crippen molar-refractivity contribution in [1.82, 2.24) is 0 Å². The number of halogens is 6. The Morgan fingerprint density at radius 1 is 0.658 bits per heavy atom.